The van der Waals surface area contributed by atoms with Crippen LogP contribution in [0.1, 0.15) is 33.6 Å². The fraction of sp³-hybridized carbons (Fsp3) is 1.00. The summed E-state index contributed by atoms with van der Waals surface area (Å²) in [7, 11) is -3.10. The lowest BCUT2D eigenvalue weighted by Crippen LogP contribution is -2.36. The third-order valence-electron chi connectivity index (χ3n) is 2.15. The molecule has 0 fully saturated rings. The Morgan fingerprint density at radius 3 is 2.53 bits per heavy atom. The molecule has 17 heavy (non-hydrogen) atoms. The van der Waals surface area contributed by atoms with Crippen LogP contribution in [0, 0.1) is 0 Å². The van der Waals surface area contributed by atoms with Gasteiger partial charge in [-0.05, 0) is 38.6 Å². The molecule has 0 bridgehead atoms. The molecule has 0 radical (unpaired) electrons. The monoisotopic (exact) mass is 282 g/mol. The topological polar surface area (TPSA) is 58.2 Å². The van der Waals surface area contributed by atoms with Crippen LogP contribution in [0.25, 0.3) is 0 Å². The van der Waals surface area contributed by atoms with Gasteiger partial charge in [0.2, 0.25) is 10.0 Å². The summed E-state index contributed by atoms with van der Waals surface area (Å²) in [4.78, 5) is 0. The summed E-state index contributed by atoms with van der Waals surface area (Å²) in [6.07, 6.45) is 1.75. The van der Waals surface area contributed by atoms with Gasteiger partial charge >= 0.3 is 0 Å². The Labute approximate surface area is 110 Å². The molecule has 0 saturated carbocycles. The maximum Gasteiger partial charge on any atom is 0.211 e. The lowest BCUT2D eigenvalue weighted by Gasteiger charge is -2.13. The molecule has 0 saturated heterocycles. The maximum absolute atomic E-state index is 11.7. The SMILES string of the molecule is CCCNCCCS(=O)(=O)NC(C)CSCC. The van der Waals surface area contributed by atoms with Gasteiger partial charge < -0.3 is 5.32 Å². The Morgan fingerprint density at radius 1 is 1.24 bits per heavy atom. The van der Waals surface area contributed by atoms with Gasteiger partial charge in [0.1, 0.15) is 0 Å². The van der Waals surface area contributed by atoms with E-state index >= 15 is 0 Å². The summed E-state index contributed by atoms with van der Waals surface area (Å²) in [6, 6.07) is 0.0218. The molecule has 6 heteroatoms. The molecule has 104 valence electrons. The third kappa shape index (κ3) is 11.1. The molecule has 4 nitrogen and oxygen atoms in total. The Morgan fingerprint density at radius 2 is 1.94 bits per heavy atom. The predicted octanol–water partition coefficient (Wildman–Crippen LogP) is 1.44. The molecular weight excluding hydrogens is 256 g/mol. The fourth-order valence-corrected chi connectivity index (χ4v) is 3.50. The Balaban J connectivity index is 3.72. The zero-order chi connectivity index (χ0) is 13.1. The number of hydrogen-bond donors (Lipinski definition) is 2. The van der Waals surface area contributed by atoms with Gasteiger partial charge in [0.15, 0.2) is 0 Å². The van der Waals surface area contributed by atoms with Gasteiger partial charge in [-0.1, -0.05) is 13.8 Å². The van der Waals surface area contributed by atoms with Crippen LogP contribution in [-0.4, -0.2) is 44.8 Å². The number of rotatable bonds is 11. The lowest BCUT2D eigenvalue weighted by atomic mass is 10.4. The maximum atomic E-state index is 11.7. The predicted molar refractivity (Wildman–Crippen MR) is 77.2 cm³/mol. The molecular formula is C11H26N2O2S2. The molecule has 0 heterocycles. The molecule has 2 N–H and O–H groups in total. The first kappa shape index (κ1) is 17.2. The Kier molecular flexibility index (Phi) is 10.3. The van der Waals surface area contributed by atoms with E-state index in [0.29, 0.717) is 6.42 Å². The zero-order valence-electron chi connectivity index (χ0n) is 11.2. The first-order chi connectivity index (χ1) is 8.02. The van der Waals surface area contributed by atoms with Gasteiger partial charge in [0, 0.05) is 11.8 Å². The molecule has 0 spiro atoms. The number of nitrogens with one attached hydrogen (secondary N) is 2. The van der Waals surface area contributed by atoms with Crippen LogP contribution in [0.15, 0.2) is 0 Å². The van der Waals surface area contributed by atoms with Crippen molar-refractivity contribution >= 4 is 21.8 Å². The number of thioether (sulfide) groups is 1. The van der Waals surface area contributed by atoms with E-state index in [9.17, 15) is 8.42 Å². The molecule has 0 aliphatic heterocycles. The average molecular weight is 282 g/mol. The quantitative estimate of drug-likeness (QED) is 0.563. The van der Waals surface area contributed by atoms with Crippen LogP contribution in [0.2, 0.25) is 0 Å². The van der Waals surface area contributed by atoms with Gasteiger partial charge in [-0.25, -0.2) is 13.1 Å². The second kappa shape index (κ2) is 10.2. The van der Waals surface area contributed by atoms with Crippen LogP contribution in [0.4, 0.5) is 0 Å². The largest absolute Gasteiger partial charge is 0.317 e. The molecule has 1 unspecified atom stereocenters. The number of sulfonamides is 1. The van der Waals surface area contributed by atoms with Crippen LogP contribution in [0.5, 0.6) is 0 Å². The Hall–Kier alpha value is 0.220. The molecule has 0 aliphatic carbocycles. The second-order valence-electron chi connectivity index (χ2n) is 4.10. The summed E-state index contributed by atoms with van der Waals surface area (Å²) in [5, 5.41) is 3.20. The summed E-state index contributed by atoms with van der Waals surface area (Å²) < 4.78 is 26.1. The van der Waals surface area contributed by atoms with E-state index in [0.717, 1.165) is 31.0 Å². The van der Waals surface area contributed by atoms with Crippen molar-refractivity contribution in [1.82, 2.24) is 10.0 Å². The molecule has 0 amide bonds. The van der Waals surface area contributed by atoms with Crippen LogP contribution in [0.3, 0.4) is 0 Å². The molecule has 0 aromatic carbocycles. The van der Waals surface area contributed by atoms with Crippen molar-refractivity contribution in [2.75, 3.05) is 30.3 Å². The van der Waals surface area contributed by atoms with Crippen molar-refractivity contribution in [3.63, 3.8) is 0 Å². The Bertz CT molecular complexity index is 269. The average Bonchev–Trinajstić information content (AvgIpc) is 2.25. The minimum atomic E-state index is -3.10. The molecule has 0 rings (SSSR count). The van der Waals surface area contributed by atoms with Crippen molar-refractivity contribution in [2.45, 2.75) is 39.7 Å². The van der Waals surface area contributed by atoms with E-state index in [4.69, 9.17) is 0 Å². The summed E-state index contributed by atoms with van der Waals surface area (Å²) in [6.45, 7) is 7.81. The van der Waals surface area contributed by atoms with E-state index < -0.39 is 10.0 Å². The minimum Gasteiger partial charge on any atom is -0.317 e. The van der Waals surface area contributed by atoms with Gasteiger partial charge in [0.05, 0.1) is 5.75 Å². The van der Waals surface area contributed by atoms with Crippen LogP contribution in [-0.2, 0) is 10.0 Å². The second-order valence-corrected chi connectivity index (χ2v) is 7.29. The first-order valence-corrected chi connectivity index (χ1v) is 9.11. The molecule has 0 aromatic rings. The van der Waals surface area contributed by atoms with Gasteiger partial charge in [-0.15, -0.1) is 0 Å². The highest BCUT2D eigenvalue weighted by Gasteiger charge is 2.13. The zero-order valence-corrected chi connectivity index (χ0v) is 12.8. The van der Waals surface area contributed by atoms with Crippen LogP contribution >= 0.6 is 11.8 Å². The summed E-state index contributed by atoms with van der Waals surface area (Å²) in [5.41, 5.74) is 0. The highest BCUT2D eigenvalue weighted by atomic mass is 32.2. The van der Waals surface area contributed by atoms with Crippen molar-refractivity contribution in [1.29, 1.82) is 0 Å². The standard InChI is InChI=1S/C11H26N2O2S2/c1-4-7-12-8-6-9-17(14,15)13-11(3)10-16-5-2/h11-13H,4-10H2,1-3H3. The molecule has 1 atom stereocenters. The number of hydrogen-bond acceptors (Lipinski definition) is 4. The van der Waals surface area contributed by atoms with Crippen LogP contribution < -0.4 is 10.0 Å². The highest BCUT2D eigenvalue weighted by Crippen LogP contribution is 2.02. The van der Waals surface area contributed by atoms with Crippen molar-refractivity contribution in [3.05, 3.63) is 0 Å². The van der Waals surface area contributed by atoms with E-state index in [-0.39, 0.29) is 11.8 Å². The van der Waals surface area contributed by atoms with E-state index in [2.05, 4.69) is 23.9 Å². The molecule has 0 aliphatic rings. The summed E-state index contributed by atoms with van der Waals surface area (Å²) in [5.74, 6) is 2.07. The normalized spacial score (nSPS) is 13.8. The van der Waals surface area contributed by atoms with E-state index in [1.54, 1.807) is 11.8 Å². The third-order valence-corrected chi connectivity index (χ3v) is 4.88. The first-order valence-electron chi connectivity index (χ1n) is 6.30. The molecule has 0 aromatic heterocycles. The fourth-order valence-electron chi connectivity index (χ4n) is 1.38. The van der Waals surface area contributed by atoms with Crippen molar-refractivity contribution in [2.24, 2.45) is 0 Å². The lowest BCUT2D eigenvalue weighted by molar-refractivity contribution is 0.565. The van der Waals surface area contributed by atoms with Gasteiger partial charge in [-0.2, -0.15) is 11.8 Å². The smallest absolute Gasteiger partial charge is 0.211 e. The van der Waals surface area contributed by atoms with Gasteiger partial charge in [0.25, 0.3) is 0 Å². The minimum absolute atomic E-state index is 0.0218. The summed E-state index contributed by atoms with van der Waals surface area (Å²) >= 11 is 1.75. The van der Waals surface area contributed by atoms with E-state index in [1.165, 1.54) is 0 Å². The van der Waals surface area contributed by atoms with Gasteiger partial charge in [-0.3, -0.25) is 0 Å². The van der Waals surface area contributed by atoms with Crippen molar-refractivity contribution < 1.29 is 8.42 Å². The van der Waals surface area contributed by atoms with Crippen molar-refractivity contribution in [3.8, 4) is 0 Å². The highest BCUT2D eigenvalue weighted by molar-refractivity contribution is 7.99. The van der Waals surface area contributed by atoms with E-state index in [1.807, 2.05) is 6.92 Å².